The molecule has 0 bridgehead atoms. The number of nitrogens with one attached hydrogen (secondary N) is 1. The Kier molecular flexibility index (Phi) is 7.70. The molecule has 0 saturated heterocycles. The standard InChI is InChI=1S/C32H29N5O3/c1-19(2)25-14-26(27-17-35-18-36-29(25)27)31(39)23-13-24(16-34-15-23)37-32(40)28(33)12-20-8-10-22(11-9-20)30(38)21-6-4-3-5-7-21/h3-11,13-19,25,28H,12,33H2,1-2H3,(H,37,40)/t25?,28-/m1/s1. The lowest BCUT2D eigenvalue weighted by atomic mass is 9.95. The average Bonchev–Trinajstić information content (AvgIpc) is 3.37. The monoisotopic (exact) mass is 531 g/mol. The number of benzene rings is 2. The first-order chi connectivity index (χ1) is 19.3. The minimum Gasteiger partial charge on any atom is -0.323 e. The molecule has 0 saturated carbocycles. The van der Waals surface area contributed by atoms with Gasteiger partial charge in [0.15, 0.2) is 11.6 Å². The largest absolute Gasteiger partial charge is 0.323 e. The second-order valence-corrected chi connectivity index (χ2v) is 10.2. The summed E-state index contributed by atoms with van der Waals surface area (Å²) < 4.78 is 0. The van der Waals surface area contributed by atoms with Gasteiger partial charge in [0.1, 0.15) is 6.33 Å². The van der Waals surface area contributed by atoms with Gasteiger partial charge in [0, 0.05) is 46.1 Å². The number of hydrogen-bond donors (Lipinski definition) is 2. The summed E-state index contributed by atoms with van der Waals surface area (Å²) in [5, 5.41) is 2.77. The molecule has 3 N–H and O–H groups in total. The van der Waals surface area contributed by atoms with Crippen LogP contribution in [-0.2, 0) is 11.2 Å². The molecule has 1 aliphatic carbocycles. The molecule has 4 aromatic rings. The molecule has 8 nitrogen and oxygen atoms in total. The summed E-state index contributed by atoms with van der Waals surface area (Å²) in [7, 11) is 0. The molecule has 0 fully saturated rings. The number of Topliss-reactive ketones (excluding diaryl/α,β-unsaturated/α-hetero) is 1. The molecule has 2 aromatic carbocycles. The van der Waals surface area contributed by atoms with Gasteiger partial charge in [0.2, 0.25) is 5.91 Å². The van der Waals surface area contributed by atoms with Crippen LogP contribution in [0, 0.1) is 5.92 Å². The van der Waals surface area contributed by atoms with E-state index < -0.39 is 11.9 Å². The maximum atomic E-state index is 13.4. The zero-order valence-electron chi connectivity index (χ0n) is 22.2. The van der Waals surface area contributed by atoms with Crippen molar-refractivity contribution in [2.75, 3.05) is 5.32 Å². The fraction of sp³-hybridized carbons (Fsp3) is 0.188. The summed E-state index contributed by atoms with van der Waals surface area (Å²) in [6.45, 7) is 4.17. The van der Waals surface area contributed by atoms with E-state index in [2.05, 4.69) is 34.1 Å². The Labute approximate surface area is 232 Å². The molecule has 1 aliphatic rings. The summed E-state index contributed by atoms with van der Waals surface area (Å²) >= 11 is 0. The first-order valence-corrected chi connectivity index (χ1v) is 13.1. The smallest absolute Gasteiger partial charge is 0.241 e. The van der Waals surface area contributed by atoms with E-state index in [1.54, 1.807) is 48.7 Å². The van der Waals surface area contributed by atoms with Crippen molar-refractivity contribution in [1.82, 2.24) is 15.0 Å². The number of carbonyl (C=O) groups excluding carboxylic acids is 3. The first-order valence-electron chi connectivity index (χ1n) is 13.1. The van der Waals surface area contributed by atoms with E-state index in [1.807, 2.05) is 24.3 Å². The van der Waals surface area contributed by atoms with Gasteiger partial charge in [0.25, 0.3) is 0 Å². The van der Waals surface area contributed by atoms with Crippen molar-refractivity contribution in [3.63, 3.8) is 0 Å². The van der Waals surface area contributed by atoms with Crippen LogP contribution in [0.1, 0.15) is 62.9 Å². The lowest BCUT2D eigenvalue weighted by Gasteiger charge is -2.13. The van der Waals surface area contributed by atoms with E-state index in [0.29, 0.717) is 28.0 Å². The Hall–Kier alpha value is -4.82. The van der Waals surface area contributed by atoms with Crippen LogP contribution in [0.4, 0.5) is 5.69 Å². The third kappa shape index (κ3) is 5.62. The van der Waals surface area contributed by atoms with Crippen LogP contribution in [0.5, 0.6) is 0 Å². The highest BCUT2D eigenvalue weighted by Crippen LogP contribution is 2.39. The molecule has 40 heavy (non-hydrogen) atoms. The van der Waals surface area contributed by atoms with E-state index in [-0.39, 0.29) is 29.8 Å². The fourth-order valence-electron chi connectivity index (χ4n) is 4.78. The number of fused-ring (bicyclic) bond motifs is 1. The summed E-state index contributed by atoms with van der Waals surface area (Å²) in [6, 6.07) is 16.9. The summed E-state index contributed by atoms with van der Waals surface area (Å²) in [6.07, 6.45) is 8.32. The van der Waals surface area contributed by atoms with E-state index in [0.717, 1.165) is 16.8 Å². The zero-order valence-corrected chi connectivity index (χ0v) is 22.2. The predicted molar refractivity (Wildman–Crippen MR) is 153 cm³/mol. The second-order valence-electron chi connectivity index (χ2n) is 10.2. The van der Waals surface area contributed by atoms with Crippen LogP contribution in [-0.4, -0.2) is 38.5 Å². The van der Waals surface area contributed by atoms with Crippen molar-refractivity contribution in [3.8, 4) is 0 Å². The molecule has 200 valence electrons. The van der Waals surface area contributed by atoms with E-state index in [1.165, 1.54) is 18.7 Å². The molecule has 2 aromatic heterocycles. The highest BCUT2D eigenvalue weighted by molar-refractivity contribution is 6.30. The van der Waals surface area contributed by atoms with Gasteiger partial charge in [-0.3, -0.25) is 19.4 Å². The van der Waals surface area contributed by atoms with Crippen molar-refractivity contribution in [1.29, 1.82) is 0 Å². The normalized spacial score (nSPS) is 14.8. The van der Waals surface area contributed by atoms with Crippen LogP contribution < -0.4 is 11.1 Å². The molecule has 8 heteroatoms. The number of amides is 1. The molecular weight excluding hydrogens is 502 g/mol. The molecule has 2 heterocycles. The Morgan fingerprint density at radius 3 is 2.33 bits per heavy atom. The first kappa shape index (κ1) is 26.8. The fourth-order valence-corrected chi connectivity index (χ4v) is 4.78. The van der Waals surface area contributed by atoms with Crippen LogP contribution >= 0.6 is 0 Å². The molecule has 0 aliphatic heterocycles. The number of rotatable bonds is 9. The Bertz CT molecular complexity index is 1600. The Balaban J connectivity index is 1.24. The van der Waals surface area contributed by atoms with Gasteiger partial charge in [-0.1, -0.05) is 74.5 Å². The number of pyridine rings is 1. The van der Waals surface area contributed by atoms with Crippen LogP contribution in [0.25, 0.3) is 5.57 Å². The van der Waals surface area contributed by atoms with Crippen molar-refractivity contribution in [3.05, 3.63) is 125 Å². The molecule has 2 atom stereocenters. The maximum absolute atomic E-state index is 13.4. The Morgan fingerprint density at radius 1 is 0.875 bits per heavy atom. The third-order valence-electron chi connectivity index (χ3n) is 6.97. The van der Waals surface area contributed by atoms with Crippen molar-refractivity contribution < 1.29 is 14.4 Å². The third-order valence-corrected chi connectivity index (χ3v) is 6.97. The van der Waals surface area contributed by atoms with E-state index in [9.17, 15) is 14.4 Å². The number of nitrogens with two attached hydrogens (primary N) is 1. The SMILES string of the molecule is CC(C)C1C=C(C(=O)c2cncc(NC(=O)[C@H](N)Cc3ccc(C(=O)c4ccccc4)cc3)c2)c2cncnc21. The number of nitrogens with zero attached hydrogens (tertiary/aromatic N) is 3. The number of aromatic nitrogens is 3. The summed E-state index contributed by atoms with van der Waals surface area (Å²) in [5.74, 6) is -0.395. The summed E-state index contributed by atoms with van der Waals surface area (Å²) in [4.78, 5) is 51.6. The number of ketones is 2. The Morgan fingerprint density at radius 2 is 1.60 bits per heavy atom. The minimum absolute atomic E-state index is 0.0244. The van der Waals surface area contributed by atoms with Crippen LogP contribution in [0.3, 0.4) is 0 Å². The highest BCUT2D eigenvalue weighted by Gasteiger charge is 2.31. The van der Waals surface area contributed by atoms with Gasteiger partial charge in [0.05, 0.1) is 23.6 Å². The molecular formula is C32H29N5O3. The number of anilines is 1. The average molecular weight is 532 g/mol. The van der Waals surface area contributed by atoms with E-state index >= 15 is 0 Å². The molecule has 5 rings (SSSR count). The van der Waals surface area contributed by atoms with Gasteiger partial charge < -0.3 is 11.1 Å². The van der Waals surface area contributed by atoms with Crippen LogP contribution in [0.2, 0.25) is 0 Å². The minimum atomic E-state index is -0.844. The van der Waals surface area contributed by atoms with Crippen molar-refractivity contribution in [2.45, 2.75) is 32.2 Å². The predicted octanol–water partition coefficient (Wildman–Crippen LogP) is 4.63. The van der Waals surface area contributed by atoms with Gasteiger partial charge >= 0.3 is 0 Å². The van der Waals surface area contributed by atoms with E-state index in [4.69, 9.17) is 5.73 Å². The van der Waals surface area contributed by atoms with Gasteiger partial charge in [-0.15, -0.1) is 0 Å². The van der Waals surface area contributed by atoms with Crippen molar-refractivity contribution in [2.24, 2.45) is 11.7 Å². The van der Waals surface area contributed by atoms with Gasteiger partial charge in [-0.05, 0) is 24.0 Å². The molecule has 0 spiro atoms. The highest BCUT2D eigenvalue weighted by atomic mass is 16.2. The molecule has 1 unspecified atom stereocenters. The quantitative estimate of drug-likeness (QED) is 0.301. The molecule has 0 radical (unpaired) electrons. The van der Waals surface area contributed by atoms with Gasteiger partial charge in [-0.2, -0.15) is 0 Å². The number of carbonyl (C=O) groups is 3. The van der Waals surface area contributed by atoms with Crippen LogP contribution in [0.15, 0.2) is 91.7 Å². The molecule has 1 amide bonds. The van der Waals surface area contributed by atoms with Crippen molar-refractivity contribution >= 4 is 28.7 Å². The number of hydrogen-bond acceptors (Lipinski definition) is 7. The topological polar surface area (TPSA) is 128 Å². The zero-order chi connectivity index (χ0) is 28.2. The van der Waals surface area contributed by atoms with Gasteiger partial charge in [-0.25, -0.2) is 9.97 Å². The second kappa shape index (κ2) is 11.5. The summed E-state index contributed by atoms with van der Waals surface area (Å²) in [5.41, 5.74) is 11.0. The lowest BCUT2D eigenvalue weighted by Crippen LogP contribution is -2.37. The number of allylic oxidation sites excluding steroid dienone is 2. The maximum Gasteiger partial charge on any atom is 0.241 e. The lowest BCUT2D eigenvalue weighted by molar-refractivity contribution is -0.117.